The smallest absolute Gasteiger partial charge is 0.216 e. The van der Waals surface area contributed by atoms with E-state index in [1.54, 1.807) is 24.3 Å². The minimum absolute atomic E-state index is 0.0227. The minimum atomic E-state index is -0.0568. The van der Waals surface area contributed by atoms with Crippen molar-refractivity contribution >= 4 is 46.4 Å². The summed E-state index contributed by atoms with van der Waals surface area (Å²) < 4.78 is 5.61. The van der Waals surface area contributed by atoms with Gasteiger partial charge in [0.15, 0.2) is 11.6 Å². The molecule has 7 nitrogen and oxygen atoms in total. The Morgan fingerprint density at radius 3 is 2.79 bits per heavy atom. The number of benzene rings is 1. The van der Waals surface area contributed by atoms with Crippen LogP contribution < -0.4 is 10.1 Å². The fourth-order valence-corrected chi connectivity index (χ4v) is 4.18. The molecule has 0 saturated heterocycles. The molecule has 0 aliphatic rings. The molecule has 152 valence electrons. The number of H-pyrrole nitrogens is 1. The van der Waals surface area contributed by atoms with E-state index in [1.165, 1.54) is 30.0 Å². The van der Waals surface area contributed by atoms with Gasteiger partial charge >= 0.3 is 0 Å². The van der Waals surface area contributed by atoms with Gasteiger partial charge < -0.3 is 10.1 Å². The Hall–Kier alpha value is -2.36. The molecule has 2 aromatic heterocycles. The number of ether oxygens (including phenoxy) is 1. The van der Waals surface area contributed by atoms with Crippen molar-refractivity contribution < 1.29 is 14.3 Å². The quantitative estimate of drug-likeness (QED) is 0.360. The Morgan fingerprint density at radius 1 is 1.24 bits per heavy atom. The number of carbonyl (C=O) groups is 2. The molecule has 3 rings (SSSR count). The molecule has 2 heterocycles. The third-order valence-corrected chi connectivity index (χ3v) is 6.00. The summed E-state index contributed by atoms with van der Waals surface area (Å²) in [6, 6.07) is 10.8. The summed E-state index contributed by atoms with van der Waals surface area (Å²) in [6.45, 7) is 2.29. The molecule has 0 aliphatic carbocycles. The summed E-state index contributed by atoms with van der Waals surface area (Å²) in [5, 5.41) is 10.8. The van der Waals surface area contributed by atoms with Crippen LogP contribution in [0.15, 0.2) is 41.6 Å². The predicted octanol–water partition coefficient (Wildman–Crippen LogP) is 3.75. The Kier molecular flexibility index (Phi) is 7.68. The maximum atomic E-state index is 12.4. The summed E-state index contributed by atoms with van der Waals surface area (Å²) in [5.41, 5.74) is 0. The van der Waals surface area contributed by atoms with Crippen molar-refractivity contribution in [3.8, 4) is 5.75 Å². The van der Waals surface area contributed by atoms with E-state index in [9.17, 15) is 9.59 Å². The first-order valence-corrected chi connectivity index (χ1v) is 11.0. The molecular weight excluding hydrogens is 432 g/mol. The molecule has 3 aromatic rings. The number of hydrogen-bond acceptors (Lipinski definition) is 7. The third-order valence-electron chi connectivity index (χ3n) is 3.71. The zero-order valence-electron chi connectivity index (χ0n) is 15.6. The van der Waals surface area contributed by atoms with E-state index in [0.717, 1.165) is 4.88 Å². The molecule has 1 aromatic carbocycles. The second-order valence-corrected chi connectivity index (χ2v) is 8.57. The Morgan fingerprint density at radius 2 is 2.03 bits per heavy atom. The van der Waals surface area contributed by atoms with Crippen LogP contribution >= 0.6 is 34.7 Å². The summed E-state index contributed by atoms with van der Waals surface area (Å²) in [5.74, 6) is 1.47. The van der Waals surface area contributed by atoms with Crippen molar-refractivity contribution in [2.45, 2.75) is 25.1 Å². The number of halogens is 1. The lowest BCUT2D eigenvalue weighted by Crippen LogP contribution is -2.22. The summed E-state index contributed by atoms with van der Waals surface area (Å²) in [6.07, 6.45) is 0.711. The van der Waals surface area contributed by atoms with Gasteiger partial charge in [-0.3, -0.25) is 14.7 Å². The second-order valence-electron chi connectivity index (χ2n) is 6.02. The number of nitrogens with one attached hydrogen (secondary N) is 2. The van der Waals surface area contributed by atoms with Crippen molar-refractivity contribution in [3.05, 3.63) is 57.0 Å². The van der Waals surface area contributed by atoms with Gasteiger partial charge in [0.25, 0.3) is 0 Å². The zero-order chi connectivity index (χ0) is 20.6. The average Bonchev–Trinajstić information content (AvgIpc) is 3.35. The lowest BCUT2D eigenvalue weighted by Gasteiger charge is -2.03. The number of thiophene rings is 1. The first kappa shape index (κ1) is 21.4. The van der Waals surface area contributed by atoms with Gasteiger partial charge in [0.1, 0.15) is 12.4 Å². The first-order valence-electron chi connectivity index (χ1n) is 8.78. The van der Waals surface area contributed by atoms with Gasteiger partial charge in [-0.15, -0.1) is 16.4 Å². The number of hydrogen-bond donors (Lipinski definition) is 2. The molecule has 10 heteroatoms. The van der Waals surface area contributed by atoms with Crippen molar-refractivity contribution in [2.24, 2.45) is 0 Å². The molecule has 0 bridgehead atoms. The molecular formula is C19H19ClN4O3S2. The monoisotopic (exact) mass is 450 g/mol. The van der Waals surface area contributed by atoms with E-state index in [1.807, 2.05) is 12.1 Å². The van der Waals surface area contributed by atoms with Crippen LogP contribution in [0.3, 0.4) is 0 Å². The van der Waals surface area contributed by atoms with Crippen molar-refractivity contribution in [2.75, 3.05) is 12.3 Å². The SMILES string of the molecule is CC(=O)NCCc1ccc(C(=O)CSc2n[nH]c(COc3ccc(Cl)cc3)n2)s1. The van der Waals surface area contributed by atoms with Crippen molar-refractivity contribution in [1.82, 2.24) is 20.5 Å². The van der Waals surface area contributed by atoms with Crippen LogP contribution in [0.2, 0.25) is 5.02 Å². The third kappa shape index (κ3) is 6.88. The summed E-state index contributed by atoms with van der Waals surface area (Å²) in [4.78, 5) is 29.4. The summed E-state index contributed by atoms with van der Waals surface area (Å²) in [7, 11) is 0. The van der Waals surface area contributed by atoms with E-state index < -0.39 is 0 Å². The van der Waals surface area contributed by atoms with E-state index in [-0.39, 0.29) is 24.1 Å². The van der Waals surface area contributed by atoms with Gasteiger partial charge in [-0.05, 0) is 42.8 Å². The van der Waals surface area contributed by atoms with Crippen LogP contribution in [0.4, 0.5) is 0 Å². The predicted molar refractivity (Wildman–Crippen MR) is 114 cm³/mol. The lowest BCUT2D eigenvalue weighted by atomic mass is 10.3. The number of amides is 1. The number of nitrogens with zero attached hydrogens (tertiary/aromatic N) is 2. The van der Waals surface area contributed by atoms with Crippen molar-refractivity contribution in [3.63, 3.8) is 0 Å². The van der Waals surface area contributed by atoms with Gasteiger partial charge in [-0.25, -0.2) is 4.98 Å². The molecule has 0 spiro atoms. The van der Waals surface area contributed by atoms with E-state index in [2.05, 4.69) is 20.5 Å². The Bertz CT molecular complexity index is 972. The topological polar surface area (TPSA) is 97.0 Å². The van der Waals surface area contributed by atoms with Crippen LogP contribution in [0.25, 0.3) is 0 Å². The van der Waals surface area contributed by atoms with Gasteiger partial charge in [-0.2, -0.15) is 0 Å². The lowest BCUT2D eigenvalue weighted by molar-refractivity contribution is -0.118. The largest absolute Gasteiger partial charge is 0.486 e. The first-order chi connectivity index (χ1) is 14.0. The molecule has 1 amide bonds. The van der Waals surface area contributed by atoms with Gasteiger partial charge in [0.2, 0.25) is 11.1 Å². The highest BCUT2D eigenvalue weighted by atomic mass is 35.5. The van der Waals surface area contributed by atoms with Gasteiger partial charge in [0.05, 0.1) is 10.6 Å². The van der Waals surface area contributed by atoms with Crippen molar-refractivity contribution in [1.29, 1.82) is 0 Å². The fraction of sp³-hybridized carbons (Fsp3) is 0.263. The maximum absolute atomic E-state index is 12.4. The average molecular weight is 451 g/mol. The number of carbonyl (C=O) groups excluding carboxylic acids is 2. The highest BCUT2D eigenvalue weighted by Crippen LogP contribution is 2.21. The molecule has 2 N–H and O–H groups in total. The molecule has 0 aliphatic heterocycles. The Labute approximate surface area is 181 Å². The van der Waals surface area contributed by atoms with Crippen LogP contribution in [0.5, 0.6) is 5.75 Å². The van der Waals surface area contributed by atoms with E-state index in [0.29, 0.717) is 39.6 Å². The standard InChI is InChI=1S/C19H19ClN4O3S2/c1-12(25)21-9-8-15-6-7-17(29-15)16(26)11-28-19-22-18(23-24-19)10-27-14-4-2-13(20)3-5-14/h2-7H,8-11H2,1H3,(H,21,25)(H,22,23,24). The second kappa shape index (κ2) is 10.4. The summed E-state index contributed by atoms with van der Waals surface area (Å²) >= 11 is 8.56. The molecule has 0 radical (unpaired) electrons. The van der Waals surface area contributed by atoms with Crippen LogP contribution in [0.1, 0.15) is 27.3 Å². The number of aromatic amines is 1. The molecule has 0 saturated carbocycles. The van der Waals surface area contributed by atoms with Crippen LogP contribution in [-0.2, 0) is 17.8 Å². The molecule has 0 unspecified atom stereocenters. The maximum Gasteiger partial charge on any atom is 0.216 e. The van der Waals surface area contributed by atoms with Crippen LogP contribution in [-0.4, -0.2) is 39.2 Å². The highest BCUT2D eigenvalue weighted by molar-refractivity contribution is 7.99. The van der Waals surface area contributed by atoms with Gasteiger partial charge in [0, 0.05) is 23.4 Å². The fourth-order valence-electron chi connectivity index (χ4n) is 2.31. The molecule has 29 heavy (non-hydrogen) atoms. The van der Waals surface area contributed by atoms with Crippen LogP contribution in [0, 0.1) is 0 Å². The zero-order valence-corrected chi connectivity index (χ0v) is 18.0. The Balaban J connectivity index is 1.44. The molecule has 0 atom stereocenters. The number of thioether (sulfide) groups is 1. The number of aromatic nitrogens is 3. The normalized spacial score (nSPS) is 10.7. The molecule has 0 fully saturated rings. The number of Topliss-reactive ketones (excluding diaryl/α,β-unsaturated/α-hetero) is 1. The van der Waals surface area contributed by atoms with E-state index >= 15 is 0 Å². The van der Waals surface area contributed by atoms with E-state index in [4.69, 9.17) is 16.3 Å². The van der Waals surface area contributed by atoms with Gasteiger partial charge in [-0.1, -0.05) is 23.4 Å². The minimum Gasteiger partial charge on any atom is -0.486 e. The highest BCUT2D eigenvalue weighted by Gasteiger charge is 2.12. The number of ketones is 1. The number of rotatable bonds is 10.